The normalized spacial score (nSPS) is 16.4. The highest BCUT2D eigenvalue weighted by molar-refractivity contribution is 5.67. The number of nitrogens with zero attached hydrogens (tertiary/aromatic N) is 8. The number of carbonyl (C=O) groups is 1. The fourth-order valence-corrected chi connectivity index (χ4v) is 3.07. The molecule has 1 unspecified atom stereocenters. The maximum Gasteiger partial charge on any atom is 0.416 e. The van der Waals surface area contributed by atoms with Gasteiger partial charge in [-0.3, -0.25) is 14.5 Å². The van der Waals surface area contributed by atoms with Gasteiger partial charge in [0.25, 0.3) is 0 Å². The van der Waals surface area contributed by atoms with Crippen molar-refractivity contribution in [3.05, 3.63) is 48.5 Å². The predicted octanol–water partition coefficient (Wildman–Crippen LogP) is 2.14. The number of aliphatic carboxylic acids is 1. The van der Waals surface area contributed by atoms with E-state index in [0.717, 1.165) is 10.9 Å². The molecule has 0 saturated carbocycles. The Bertz CT molecular complexity index is 1160. The van der Waals surface area contributed by atoms with E-state index in [9.17, 15) is 18.0 Å². The molecule has 0 spiro atoms. The topological polar surface area (TPSA) is 124 Å². The fourth-order valence-electron chi connectivity index (χ4n) is 3.07. The molecule has 0 aliphatic heterocycles. The van der Waals surface area contributed by atoms with Gasteiger partial charge in [0.2, 0.25) is 5.82 Å². The van der Waals surface area contributed by atoms with Crippen LogP contribution in [-0.2, 0) is 17.9 Å². The van der Waals surface area contributed by atoms with E-state index in [1.807, 2.05) is 0 Å². The maximum atomic E-state index is 12.9. The number of hydrogen-bond acceptors (Lipinski definition) is 7. The van der Waals surface area contributed by atoms with Crippen LogP contribution in [0.25, 0.3) is 22.6 Å². The number of carboxylic acid groups (broad SMARTS) is 1. The Kier molecular flexibility index (Phi) is 5.31. The molecule has 1 aliphatic rings. The predicted molar refractivity (Wildman–Crippen MR) is 99.1 cm³/mol. The lowest BCUT2D eigenvalue weighted by atomic mass is 9.96. The van der Waals surface area contributed by atoms with Crippen molar-refractivity contribution in [1.29, 1.82) is 0 Å². The molecule has 1 aliphatic carbocycles. The van der Waals surface area contributed by atoms with Crippen molar-refractivity contribution in [1.82, 2.24) is 40.2 Å². The lowest BCUT2D eigenvalue weighted by Gasteiger charge is -2.18. The van der Waals surface area contributed by atoms with E-state index in [0.29, 0.717) is 23.2 Å². The molecule has 13 heteroatoms. The van der Waals surface area contributed by atoms with Crippen LogP contribution >= 0.6 is 0 Å². The van der Waals surface area contributed by atoms with Crippen LogP contribution < -0.4 is 0 Å². The Morgan fingerprint density at radius 2 is 2.00 bits per heavy atom. The second kappa shape index (κ2) is 8.08. The molecule has 160 valence electrons. The molecule has 0 fully saturated rings. The first-order chi connectivity index (χ1) is 14.8. The maximum absolute atomic E-state index is 12.9. The van der Waals surface area contributed by atoms with Gasteiger partial charge in [-0.2, -0.15) is 18.0 Å². The summed E-state index contributed by atoms with van der Waals surface area (Å²) in [6.45, 7) is -0.176. The number of allylic oxidation sites excluding steroid dienone is 4. The minimum Gasteiger partial charge on any atom is -0.480 e. The quantitative estimate of drug-likeness (QED) is 0.628. The molecule has 3 aromatic heterocycles. The monoisotopic (exact) mass is 432 g/mol. The van der Waals surface area contributed by atoms with Gasteiger partial charge in [0, 0.05) is 36.0 Å². The van der Waals surface area contributed by atoms with Crippen LogP contribution in [0.15, 0.2) is 48.5 Å². The molecule has 1 N–H and O–H groups in total. The summed E-state index contributed by atoms with van der Waals surface area (Å²) in [6, 6.07) is 1.69. The Labute approximate surface area is 172 Å². The molecule has 31 heavy (non-hydrogen) atoms. The summed E-state index contributed by atoms with van der Waals surface area (Å²) < 4.78 is 40.2. The van der Waals surface area contributed by atoms with Crippen LogP contribution in [0.2, 0.25) is 0 Å². The first-order valence-corrected chi connectivity index (χ1v) is 9.09. The Hall–Kier alpha value is -3.90. The van der Waals surface area contributed by atoms with E-state index < -0.39 is 24.3 Å². The van der Waals surface area contributed by atoms with Crippen molar-refractivity contribution < 1.29 is 23.1 Å². The zero-order valence-electron chi connectivity index (χ0n) is 15.8. The van der Waals surface area contributed by atoms with Crippen LogP contribution in [0.4, 0.5) is 13.2 Å². The molecule has 10 nitrogen and oxygen atoms in total. The third-order valence-electron chi connectivity index (χ3n) is 4.46. The third-order valence-corrected chi connectivity index (χ3v) is 4.46. The highest BCUT2D eigenvalue weighted by atomic mass is 19.4. The molecular weight excluding hydrogens is 417 g/mol. The first-order valence-electron chi connectivity index (χ1n) is 9.09. The minimum atomic E-state index is -4.38. The molecule has 1 atom stereocenters. The molecular formula is C18H15F3N8O2. The zero-order chi connectivity index (χ0) is 22.0. The van der Waals surface area contributed by atoms with Gasteiger partial charge < -0.3 is 5.11 Å². The number of carboxylic acids is 1. The highest BCUT2D eigenvalue weighted by Crippen LogP contribution is 2.31. The van der Waals surface area contributed by atoms with Gasteiger partial charge in [-0.25, -0.2) is 0 Å². The summed E-state index contributed by atoms with van der Waals surface area (Å²) >= 11 is 0. The average Bonchev–Trinajstić information content (AvgIpc) is 3.37. The van der Waals surface area contributed by atoms with E-state index >= 15 is 0 Å². The number of halogens is 3. The molecule has 3 aromatic rings. The molecule has 0 bridgehead atoms. The summed E-state index contributed by atoms with van der Waals surface area (Å²) in [5.41, 5.74) is 0.898. The highest BCUT2D eigenvalue weighted by Gasteiger charge is 2.33. The van der Waals surface area contributed by atoms with Crippen LogP contribution in [0, 0.1) is 5.92 Å². The van der Waals surface area contributed by atoms with Crippen molar-refractivity contribution >= 4 is 5.97 Å². The van der Waals surface area contributed by atoms with Gasteiger partial charge in [-0.05, 0) is 17.7 Å². The van der Waals surface area contributed by atoms with E-state index in [1.54, 1.807) is 18.5 Å². The van der Waals surface area contributed by atoms with Crippen molar-refractivity contribution in [2.75, 3.05) is 0 Å². The van der Waals surface area contributed by atoms with Gasteiger partial charge in [0.1, 0.15) is 5.69 Å². The smallest absolute Gasteiger partial charge is 0.416 e. The number of pyridine rings is 1. The SMILES string of the molecule is O=C(O)Cn1nnc(-c2cncc(-c3cn(CC4C=C(C(F)(F)F)C=CC4)nn3)c2)n1. The molecule has 4 rings (SSSR count). The Morgan fingerprint density at radius 3 is 2.77 bits per heavy atom. The summed E-state index contributed by atoms with van der Waals surface area (Å²) in [5.74, 6) is -1.26. The van der Waals surface area contributed by atoms with E-state index in [1.165, 1.54) is 23.0 Å². The van der Waals surface area contributed by atoms with Crippen LogP contribution in [0.3, 0.4) is 0 Å². The first kappa shape index (κ1) is 20.4. The van der Waals surface area contributed by atoms with Crippen LogP contribution in [0.5, 0.6) is 0 Å². The largest absolute Gasteiger partial charge is 0.480 e. The Balaban J connectivity index is 1.50. The lowest BCUT2D eigenvalue weighted by molar-refractivity contribution is -0.138. The summed E-state index contributed by atoms with van der Waals surface area (Å²) in [5, 5.41) is 28.3. The number of aromatic nitrogens is 8. The second-order valence-electron chi connectivity index (χ2n) is 6.84. The van der Waals surface area contributed by atoms with Crippen LogP contribution in [-0.4, -0.2) is 57.4 Å². The number of hydrogen-bond donors (Lipinski definition) is 1. The van der Waals surface area contributed by atoms with Crippen molar-refractivity contribution in [3.63, 3.8) is 0 Å². The lowest BCUT2D eigenvalue weighted by Crippen LogP contribution is -2.17. The van der Waals surface area contributed by atoms with Gasteiger partial charge in [0.15, 0.2) is 6.54 Å². The van der Waals surface area contributed by atoms with E-state index in [4.69, 9.17) is 5.11 Å². The fraction of sp³-hybridized carbons (Fsp3) is 0.278. The van der Waals surface area contributed by atoms with Crippen molar-refractivity contribution in [3.8, 4) is 22.6 Å². The van der Waals surface area contributed by atoms with Crippen molar-refractivity contribution in [2.24, 2.45) is 5.92 Å². The number of rotatable bonds is 6. The van der Waals surface area contributed by atoms with E-state index in [2.05, 4.69) is 30.7 Å². The van der Waals surface area contributed by atoms with Gasteiger partial charge in [0.05, 0.1) is 11.8 Å². The number of alkyl halides is 3. The second-order valence-corrected chi connectivity index (χ2v) is 6.84. The molecule has 0 aromatic carbocycles. The summed E-state index contributed by atoms with van der Waals surface area (Å²) in [4.78, 5) is 15.8. The minimum absolute atomic E-state index is 0.196. The Morgan fingerprint density at radius 1 is 1.19 bits per heavy atom. The molecule has 0 saturated heterocycles. The third kappa shape index (κ3) is 4.82. The average molecular weight is 432 g/mol. The summed E-state index contributed by atoms with van der Waals surface area (Å²) in [7, 11) is 0. The van der Waals surface area contributed by atoms with Crippen LogP contribution in [0.1, 0.15) is 6.42 Å². The van der Waals surface area contributed by atoms with Gasteiger partial charge in [-0.15, -0.1) is 15.3 Å². The van der Waals surface area contributed by atoms with Crippen molar-refractivity contribution in [2.45, 2.75) is 25.7 Å². The summed E-state index contributed by atoms with van der Waals surface area (Å²) in [6.07, 6.45) is 4.55. The van der Waals surface area contributed by atoms with Gasteiger partial charge >= 0.3 is 12.1 Å². The molecule has 3 heterocycles. The molecule has 0 amide bonds. The number of tetrazole rings is 1. The zero-order valence-corrected chi connectivity index (χ0v) is 15.8. The molecule has 0 radical (unpaired) electrons. The van der Waals surface area contributed by atoms with Gasteiger partial charge in [-0.1, -0.05) is 23.4 Å². The van der Waals surface area contributed by atoms with E-state index in [-0.39, 0.29) is 18.3 Å². The standard InChI is InChI=1S/C18H15F3N8O2/c19-18(20,21)14-3-1-2-11(4-14)8-28-9-15(23-26-28)12-5-13(7-22-6-12)17-24-27-29(25-17)10-16(30)31/h1,3-7,9,11H,2,8,10H2,(H,30,31).